The van der Waals surface area contributed by atoms with Gasteiger partial charge in [0.25, 0.3) is 0 Å². The van der Waals surface area contributed by atoms with Crippen molar-refractivity contribution in [2.45, 2.75) is 40.2 Å². The van der Waals surface area contributed by atoms with Crippen LogP contribution in [0, 0.1) is 12.8 Å². The summed E-state index contributed by atoms with van der Waals surface area (Å²) in [6.07, 6.45) is 0.907. The Morgan fingerprint density at radius 3 is 2.52 bits per heavy atom. The zero-order valence-electron chi connectivity index (χ0n) is 16.7. The van der Waals surface area contributed by atoms with Crippen LogP contribution in [0.1, 0.15) is 31.5 Å². The van der Waals surface area contributed by atoms with Crippen LogP contribution < -0.4 is 16.0 Å². The molecule has 0 spiro atoms. The minimum atomic E-state index is 0. The summed E-state index contributed by atoms with van der Waals surface area (Å²) in [5.41, 5.74) is 2.28. The van der Waals surface area contributed by atoms with E-state index < -0.39 is 0 Å². The van der Waals surface area contributed by atoms with E-state index in [1.165, 1.54) is 0 Å². The summed E-state index contributed by atoms with van der Waals surface area (Å²) in [7, 11) is 0. The second-order valence-electron chi connectivity index (χ2n) is 6.62. The van der Waals surface area contributed by atoms with Crippen molar-refractivity contribution in [3.8, 4) is 0 Å². The molecular weight excluding hydrogens is 469 g/mol. The van der Waals surface area contributed by atoms with Crippen molar-refractivity contribution in [1.82, 2.24) is 15.6 Å². The number of thiazole rings is 1. The number of aliphatic imine (C=N–C) groups is 1. The molecule has 3 N–H and O–H groups in total. The molecule has 0 fully saturated rings. The zero-order valence-corrected chi connectivity index (χ0v) is 19.8. The molecule has 1 heterocycles. The first kappa shape index (κ1) is 23.7. The topological polar surface area (TPSA) is 61.3 Å². The van der Waals surface area contributed by atoms with Gasteiger partial charge in [0.15, 0.2) is 5.96 Å². The Kier molecular flexibility index (Phi) is 11.3. The molecule has 2 aromatic rings. The first-order valence-electron chi connectivity index (χ1n) is 9.33. The maximum atomic E-state index is 4.78. The molecule has 150 valence electrons. The molecule has 0 radical (unpaired) electrons. The molecule has 1 aromatic heterocycles. The number of nitrogens with one attached hydrogen (secondary N) is 3. The number of para-hydroxylation sites is 1. The standard InChI is InChI=1S/C20H31N5S.HI/c1-5-21-20(22-12-11-18-14-26-16(4)24-18)23-13-19(15(2)3)25-17-9-7-6-8-10-17;/h6-10,14-15,19,25H,5,11-13H2,1-4H3,(H2,21,22,23);1H. The molecule has 0 amide bonds. The Hall–Kier alpha value is -1.35. The molecule has 0 saturated carbocycles. The Morgan fingerprint density at radius 2 is 1.93 bits per heavy atom. The van der Waals surface area contributed by atoms with E-state index in [0.717, 1.165) is 48.4 Å². The summed E-state index contributed by atoms with van der Waals surface area (Å²) in [5, 5.41) is 13.6. The first-order chi connectivity index (χ1) is 12.6. The molecule has 0 bridgehead atoms. The van der Waals surface area contributed by atoms with Crippen molar-refractivity contribution in [3.63, 3.8) is 0 Å². The predicted molar refractivity (Wildman–Crippen MR) is 129 cm³/mol. The van der Waals surface area contributed by atoms with Crippen LogP contribution in [0.15, 0.2) is 40.7 Å². The number of rotatable bonds is 9. The molecule has 0 saturated heterocycles. The summed E-state index contributed by atoms with van der Waals surface area (Å²) in [6, 6.07) is 10.6. The van der Waals surface area contributed by atoms with Crippen molar-refractivity contribution in [1.29, 1.82) is 0 Å². The van der Waals surface area contributed by atoms with Gasteiger partial charge in [-0.2, -0.15) is 0 Å². The minimum Gasteiger partial charge on any atom is -0.380 e. The summed E-state index contributed by atoms with van der Waals surface area (Å²) in [5.74, 6) is 1.35. The van der Waals surface area contributed by atoms with E-state index in [9.17, 15) is 0 Å². The fraction of sp³-hybridized carbons (Fsp3) is 0.500. The molecule has 0 aliphatic carbocycles. The number of benzene rings is 1. The lowest BCUT2D eigenvalue weighted by atomic mass is 10.0. The number of hydrogen-bond donors (Lipinski definition) is 3. The number of nitrogens with zero attached hydrogens (tertiary/aromatic N) is 2. The van der Waals surface area contributed by atoms with Crippen molar-refractivity contribution < 1.29 is 0 Å². The summed E-state index contributed by atoms with van der Waals surface area (Å²) < 4.78 is 0. The maximum Gasteiger partial charge on any atom is 0.191 e. The van der Waals surface area contributed by atoms with Gasteiger partial charge < -0.3 is 16.0 Å². The number of aryl methyl sites for hydroxylation is 1. The molecule has 1 aromatic carbocycles. The Balaban J connectivity index is 0.00000364. The van der Waals surface area contributed by atoms with Gasteiger partial charge in [-0.05, 0) is 31.9 Å². The van der Waals surface area contributed by atoms with Gasteiger partial charge in [-0.25, -0.2) is 4.98 Å². The second kappa shape index (κ2) is 12.9. The molecule has 1 atom stereocenters. The Bertz CT molecular complexity index is 672. The molecule has 7 heteroatoms. The second-order valence-corrected chi connectivity index (χ2v) is 7.68. The van der Waals surface area contributed by atoms with Gasteiger partial charge in [-0.15, -0.1) is 35.3 Å². The quantitative estimate of drug-likeness (QED) is 0.273. The van der Waals surface area contributed by atoms with E-state index >= 15 is 0 Å². The number of hydrogen-bond acceptors (Lipinski definition) is 4. The smallest absolute Gasteiger partial charge is 0.191 e. The Labute approximate surface area is 184 Å². The van der Waals surface area contributed by atoms with Crippen molar-refractivity contribution in [3.05, 3.63) is 46.4 Å². The normalized spacial score (nSPS) is 12.4. The van der Waals surface area contributed by atoms with Crippen LogP contribution in [0.25, 0.3) is 0 Å². The van der Waals surface area contributed by atoms with Crippen molar-refractivity contribution >= 4 is 47.0 Å². The van der Waals surface area contributed by atoms with Crippen LogP contribution >= 0.6 is 35.3 Å². The average Bonchev–Trinajstić information content (AvgIpc) is 3.04. The largest absolute Gasteiger partial charge is 0.380 e. The third-order valence-corrected chi connectivity index (χ3v) is 4.88. The van der Waals surface area contributed by atoms with Gasteiger partial charge in [0.05, 0.1) is 17.2 Å². The van der Waals surface area contributed by atoms with E-state index in [0.29, 0.717) is 5.92 Å². The van der Waals surface area contributed by atoms with Crippen LogP contribution in [0.3, 0.4) is 0 Å². The molecule has 5 nitrogen and oxygen atoms in total. The van der Waals surface area contributed by atoms with Gasteiger partial charge in [-0.3, -0.25) is 4.99 Å². The van der Waals surface area contributed by atoms with E-state index in [2.05, 4.69) is 71.4 Å². The van der Waals surface area contributed by atoms with Crippen LogP contribution in [0.4, 0.5) is 5.69 Å². The highest BCUT2D eigenvalue weighted by atomic mass is 127. The lowest BCUT2D eigenvalue weighted by Gasteiger charge is -2.22. The van der Waals surface area contributed by atoms with E-state index in [1.54, 1.807) is 11.3 Å². The average molecular weight is 501 g/mol. The number of halogens is 1. The number of anilines is 1. The van der Waals surface area contributed by atoms with Crippen molar-refractivity contribution in [2.75, 3.05) is 25.0 Å². The van der Waals surface area contributed by atoms with Crippen molar-refractivity contribution in [2.24, 2.45) is 10.9 Å². The van der Waals surface area contributed by atoms with Gasteiger partial charge in [0.1, 0.15) is 0 Å². The van der Waals surface area contributed by atoms with E-state index in [4.69, 9.17) is 4.99 Å². The summed E-state index contributed by atoms with van der Waals surface area (Å²) >= 11 is 1.70. The van der Waals surface area contributed by atoms with Gasteiger partial charge >= 0.3 is 0 Å². The fourth-order valence-electron chi connectivity index (χ4n) is 2.54. The minimum absolute atomic E-state index is 0. The number of guanidine groups is 1. The summed E-state index contributed by atoms with van der Waals surface area (Å²) in [4.78, 5) is 9.29. The molecule has 2 rings (SSSR count). The first-order valence-corrected chi connectivity index (χ1v) is 10.2. The van der Waals surface area contributed by atoms with Gasteiger partial charge in [-0.1, -0.05) is 32.0 Å². The molecular formula is C20H32IN5S. The lowest BCUT2D eigenvalue weighted by molar-refractivity contribution is 0.530. The van der Waals surface area contributed by atoms with Gasteiger partial charge in [0.2, 0.25) is 0 Å². The monoisotopic (exact) mass is 501 g/mol. The lowest BCUT2D eigenvalue weighted by Crippen LogP contribution is -2.40. The molecule has 1 unspecified atom stereocenters. The van der Waals surface area contributed by atoms with Crippen LogP contribution in [-0.4, -0.2) is 36.6 Å². The maximum absolute atomic E-state index is 4.78. The van der Waals surface area contributed by atoms with Crippen LogP contribution in [-0.2, 0) is 6.42 Å². The molecule has 0 aliphatic heterocycles. The third-order valence-electron chi connectivity index (χ3n) is 4.06. The highest BCUT2D eigenvalue weighted by Crippen LogP contribution is 2.12. The molecule has 0 aliphatic rings. The number of aromatic nitrogens is 1. The molecule has 27 heavy (non-hydrogen) atoms. The summed E-state index contributed by atoms with van der Waals surface area (Å²) in [6.45, 7) is 11.0. The predicted octanol–water partition coefficient (Wildman–Crippen LogP) is 4.30. The fourth-order valence-corrected chi connectivity index (χ4v) is 3.18. The van der Waals surface area contributed by atoms with Gasteiger partial charge in [0, 0.05) is 36.6 Å². The highest BCUT2D eigenvalue weighted by Gasteiger charge is 2.13. The van der Waals surface area contributed by atoms with Crippen LogP contribution in [0.5, 0.6) is 0 Å². The highest BCUT2D eigenvalue weighted by molar-refractivity contribution is 14.0. The third kappa shape index (κ3) is 8.92. The van der Waals surface area contributed by atoms with E-state index in [-0.39, 0.29) is 30.0 Å². The van der Waals surface area contributed by atoms with E-state index in [1.807, 2.05) is 13.0 Å². The Morgan fingerprint density at radius 1 is 1.19 bits per heavy atom. The SMILES string of the molecule is CCNC(=NCC(Nc1ccccc1)C(C)C)NCCc1csc(C)n1.I. The van der Waals surface area contributed by atoms with Crippen LogP contribution in [0.2, 0.25) is 0 Å². The zero-order chi connectivity index (χ0) is 18.8.